The molecule has 86 valence electrons. The molecule has 1 atom stereocenters. The van der Waals surface area contributed by atoms with Gasteiger partial charge in [-0.3, -0.25) is 9.59 Å². The summed E-state index contributed by atoms with van der Waals surface area (Å²) in [6.07, 6.45) is 0. The van der Waals surface area contributed by atoms with Crippen molar-refractivity contribution in [2.45, 2.75) is 19.4 Å². The van der Waals surface area contributed by atoms with Crippen molar-refractivity contribution >= 4 is 34.4 Å². The van der Waals surface area contributed by atoms with Crippen molar-refractivity contribution in [3.05, 3.63) is 29.3 Å². The molecule has 0 aliphatic carbocycles. The lowest BCUT2D eigenvalue weighted by atomic mass is 10.1. The van der Waals surface area contributed by atoms with Crippen molar-refractivity contribution in [2.24, 2.45) is 0 Å². The van der Waals surface area contributed by atoms with Gasteiger partial charge in [-0.2, -0.15) is 0 Å². The van der Waals surface area contributed by atoms with E-state index in [4.69, 9.17) is 21.2 Å². The molecule has 0 saturated carbocycles. The van der Waals surface area contributed by atoms with Crippen molar-refractivity contribution in [1.29, 1.82) is 5.41 Å². The van der Waals surface area contributed by atoms with Gasteiger partial charge in [-0.25, -0.2) is 8.51 Å². The van der Waals surface area contributed by atoms with Crippen LogP contribution in [0.4, 0.5) is 5.69 Å². The Labute approximate surface area is 101 Å². The van der Waals surface area contributed by atoms with Crippen LogP contribution in [0.15, 0.2) is 24.3 Å². The van der Waals surface area contributed by atoms with E-state index in [0.29, 0.717) is 10.7 Å². The van der Waals surface area contributed by atoms with Crippen molar-refractivity contribution in [3.8, 4) is 0 Å². The third-order valence-corrected chi connectivity index (χ3v) is 3.77. The molecule has 1 heterocycles. The first-order valence-electron chi connectivity index (χ1n) is 4.68. The van der Waals surface area contributed by atoms with Gasteiger partial charge in [-0.15, -0.1) is 0 Å². The number of halogens is 1. The highest BCUT2D eigenvalue weighted by Crippen LogP contribution is 2.31. The summed E-state index contributed by atoms with van der Waals surface area (Å²) >= 11 is 4.12. The molecule has 0 amide bonds. The fraction of sp³-hybridized carbons (Fsp3) is 0.300. The Morgan fingerprint density at radius 1 is 1.38 bits per heavy atom. The zero-order valence-corrected chi connectivity index (χ0v) is 10.4. The summed E-state index contributed by atoms with van der Waals surface area (Å²) in [4.78, 5) is 0. The Morgan fingerprint density at radius 2 is 1.94 bits per heavy atom. The molecule has 1 fully saturated rings. The number of anilines is 1. The SMILES string of the molecule is CC1(C)OS(=O)N(c2ccc(Cl)cc2)C1=N. The van der Waals surface area contributed by atoms with E-state index in [9.17, 15) is 4.21 Å². The topological polar surface area (TPSA) is 53.4 Å². The summed E-state index contributed by atoms with van der Waals surface area (Å²) < 4.78 is 18.3. The minimum Gasteiger partial charge on any atom is -0.285 e. The lowest BCUT2D eigenvalue weighted by molar-refractivity contribution is 0.219. The predicted molar refractivity (Wildman–Crippen MR) is 65.0 cm³/mol. The quantitative estimate of drug-likeness (QED) is 0.842. The average molecular weight is 259 g/mol. The summed E-state index contributed by atoms with van der Waals surface area (Å²) in [6.45, 7) is 3.42. The standard InChI is InChI=1S/C10H11ClN2O2S/c1-10(2)9(12)13(16(14)15-10)8-5-3-7(11)4-6-8/h3-6,12H,1-2H3. The molecule has 0 bridgehead atoms. The number of rotatable bonds is 1. The molecule has 1 N–H and O–H groups in total. The summed E-state index contributed by atoms with van der Waals surface area (Å²) in [5.74, 6) is 0.174. The van der Waals surface area contributed by atoms with E-state index in [0.717, 1.165) is 0 Å². The van der Waals surface area contributed by atoms with Crippen LogP contribution in [-0.2, 0) is 15.4 Å². The van der Waals surface area contributed by atoms with Gasteiger partial charge in [0.05, 0.1) is 5.69 Å². The van der Waals surface area contributed by atoms with E-state index in [1.54, 1.807) is 38.1 Å². The van der Waals surface area contributed by atoms with Crippen LogP contribution in [0.1, 0.15) is 13.8 Å². The number of nitrogens with one attached hydrogen (secondary N) is 1. The van der Waals surface area contributed by atoms with E-state index in [1.807, 2.05) is 0 Å². The van der Waals surface area contributed by atoms with Crippen LogP contribution in [0.3, 0.4) is 0 Å². The van der Waals surface area contributed by atoms with E-state index in [1.165, 1.54) is 4.31 Å². The molecule has 1 aromatic rings. The van der Waals surface area contributed by atoms with E-state index >= 15 is 0 Å². The van der Waals surface area contributed by atoms with Gasteiger partial charge in [-0.05, 0) is 38.1 Å². The van der Waals surface area contributed by atoms with Crippen LogP contribution in [0, 0.1) is 5.41 Å². The van der Waals surface area contributed by atoms with Crippen LogP contribution in [0.5, 0.6) is 0 Å². The van der Waals surface area contributed by atoms with Gasteiger partial charge in [0.25, 0.3) is 11.3 Å². The molecule has 1 aliphatic heterocycles. The van der Waals surface area contributed by atoms with Crippen molar-refractivity contribution in [1.82, 2.24) is 0 Å². The first kappa shape index (κ1) is 11.6. The molecule has 1 saturated heterocycles. The van der Waals surface area contributed by atoms with Crippen LogP contribution in [0.25, 0.3) is 0 Å². The smallest absolute Gasteiger partial charge is 0.271 e. The molecule has 0 aromatic heterocycles. The Hall–Kier alpha value is -0.910. The highest BCUT2D eigenvalue weighted by molar-refractivity contribution is 7.83. The number of benzene rings is 1. The van der Waals surface area contributed by atoms with Crippen molar-refractivity contribution in [2.75, 3.05) is 4.31 Å². The van der Waals surface area contributed by atoms with E-state index < -0.39 is 16.9 Å². The largest absolute Gasteiger partial charge is 0.285 e. The zero-order chi connectivity index (χ0) is 11.9. The van der Waals surface area contributed by atoms with E-state index in [2.05, 4.69) is 0 Å². The van der Waals surface area contributed by atoms with Crippen molar-refractivity contribution in [3.63, 3.8) is 0 Å². The summed E-state index contributed by atoms with van der Waals surface area (Å²) in [7, 11) is 0. The number of hydrogen-bond acceptors (Lipinski definition) is 3. The summed E-state index contributed by atoms with van der Waals surface area (Å²) in [5, 5.41) is 8.50. The third-order valence-electron chi connectivity index (χ3n) is 2.26. The van der Waals surface area contributed by atoms with Gasteiger partial charge >= 0.3 is 0 Å². The Kier molecular flexibility index (Phi) is 2.77. The normalized spacial score (nSPS) is 23.8. The predicted octanol–water partition coefficient (Wildman–Crippen LogP) is 2.51. The Balaban J connectivity index is 2.39. The van der Waals surface area contributed by atoms with Gasteiger partial charge in [0.2, 0.25) is 0 Å². The molecule has 1 aromatic carbocycles. The lowest BCUT2D eigenvalue weighted by Crippen LogP contribution is -2.34. The van der Waals surface area contributed by atoms with Gasteiger partial charge in [0, 0.05) is 5.02 Å². The molecule has 16 heavy (non-hydrogen) atoms. The van der Waals surface area contributed by atoms with E-state index in [-0.39, 0.29) is 5.84 Å². The highest BCUT2D eigenvalue weighted by Gasteiger charge is 2.43. The second-order valence-corrected chi connectivity index (χ2v) is 5.33. The molecule has 1 aliphatic rings. The van der Waals surface area contributed by atoms with Crippen LogP contribution >= 0.6 is 11.6 Å². The zero-order valence-electron chi connectivity index (χ0n) is 8.86. The molecule has 1 unspecified atom stereocenters. The monoisotopic (exact) mass is 258 g/mol. The number of amidine groups is 1. The second-order valence-electron chi connectivity index (χ2n) is 3.93. The van der Waals surface area contributed by atoms with Crippen LogP contribution in [0.2, 0.25) is 5.02 Å². The third kappa shape index (κ3) is 1.86. The maximum absolute atomic E-state index is 11.7. The van der Waals surface area contributed by atoms with Gasteiger partial charge in [0.1, 0.15) is 11.4 Å². The van der Waals surface area contributed by atoms with Gasteiger partial charge in [0.15, 0.2) is 0 Å². The molecule has 4 nitrogen and oxygen atoms in total. The Morgan fingerprint density at radius 3 is 2.38 bits per heavy atom. The fourth-order valence-electron chi connectivity index (χ4n) is 1.37. The second kappa shape index (κ2) is 3.84. The number of hydrogen-bond donors (Lipinski definition) is 1. The fourth-order valence-corrected chi connectivity index (χ4v) is 2.66. The summed E-state index contributed by atoms with van der Waals surface area (Å²) in [6, 6.07) is 6.79. The van der Waals surface area contributed by atoms with Gasteiger partial charge in [-0.1, -0.05) is 11.6 Å². The minimum absolute atomic E-state index is 0.174. The lowest BCUT2D eigenvalue weighted by Gasteiger charge is -2.17. The van der Waals surface area contributed by atoms with Crippen LogP contribution in [-0.4, -0.2) is 15.6 Å². The minimum atomic E-state index is -1.65. The Bertz CT molecular complexity index is 458. The maximum Gasteiger partial charge on any atom is 0.271 e. The first-order valence-corrected chi connectivity index (χ1v) is 6.09. The molecule has 0 radical (unpaired) electrons. The molecule has 6 heteroatoms. The summed E-state index contributed by atoms with van der Waals surface area (Å²) in [5.41, 5.74) is -0.192. The maximum atomic E-state index is 11.7. The van der Waals surface area contributed by atoms with Gasteiger partial charge < -0.3 is 0 Å². The van der Waals surface area contributed by atoms with Crippen molar-refractivity contribution < 1.29 is 8.39 Å². The highest BCUT2D eigenvalue weighted by atomic mass is 35.5. The molecule has 0 spiro atoms. The number of nitrogens with zero attached hydrogens (tertiary/aromatic N) is 1. The average Bonchev–Trinajstić information content (AvgIpc) is 2.39. The molecular formula is C10H11ClN2O2S. The first-order chi connectivity index (χ1) is 7.42. The van der Waals surface area contributed by atoms with Crippen LogP contribution < -0.4 is 4.31 Å². The molecular weight excluding hydrogens is 248 g/mol. The molecule has 2 rings (SSSR count).